The normalized spacial score (nSPS) is 18.2. The summed E-state index contributed by atoms with van der Waals surface area (Å²) in [6.45, 7) is 11.6. The highest BCUT2D eigenvalue weighted by atomic mass is 16.5. The van der Waals surface area contributed by atoms with E-state index >= 15 is 0 Å². The van der Waals surface area contributed by atoms with Crippen molar-refractivity contribution in [3.8, 4) is 47.7 Å². The van der Waals surface area contributed by atoms with E-state index < -0.39 is 11.2 Å². The van der Waals surface area contributed by atoms with Gasteiger partial charge in [-0.25, -0.2) is 0 Å². The lowest BCUT2D eigenvalue weighted by molar-refractivity contribution is 0.104. The number of rotatable bonds is 8. The molecule has 0 spiro atoms. The lowest BCUT2D eigenvalue weighted by Crippen LogP contribution is -2.36. The molecule has 250 valence electrons. The van der Waals surface area contributed by atoms with Crippen molar-refractivity contribution in [1.82, 2.24) is 0 Å². The molecule has 7 rings (SSSR count). The zero-order valence-corrected chi connectivity index (χ0v) is 28.8. The van der Waals surface area contributed by atoms with Crippen LogP contribution in [0.4, 0.5) is 11.4 Å². The zero-order chi connectivity index (χ0) is 35.2. The molecule has 2 aliphatic rings. The summed E-state index contributed by atoms with van der Waals surface area (Å²) in [7, 11) is 0. The van der Waals surface area contributed by atoms with Crippen molar-refractivity contribution in [2.75, 3.05) is 36.0 Å². The molecule has 0 fully saturated rings. The molecule has 2 atom stereocenters. The Kier molecular flexibility index (Phi) is 8.32. The molecule has 6 heteroatoms. The van der Waals surface area contributed by atoms with Gasteiger partial charge in [-0.15, -0.1) is 12.8 Å². The first-order valence-corrected chi connectivity index (χ1v) is 17.2. The van der Waals surface area contributed by atoms with Crippen LogP contribution < -0.4 is 19.3 Å². The SMILES string of the molecule is C#Cc1ccccc1C1(O)c2ccc(N(CC)CC)cc2Oc2cc3c(cc21)Oc1cc(N(CC)CC)ccc1C3(O)c1ccccc1C#C. The Labute approximate surface area is 294 Å². The van der Waals surface area contributed by atoms with Crippen molar-refractivity contribution in [3.63, 3.8) is 0 Å². The Morgan fingerprint density at radius 1 is 0.500 bits per heavy atom. The summed E-state index contributed by atoms with van der Waals surface area (Å²) in [6, 6.07) is 30.0. The van der Waals surface area contributed by atoms with E-state index in [1.807, 2.05) is 84.9 Å². The predicted octanol–water partition coefficient (Wildman–Crippen LogP) is 8.12. The predicted molar refractivity (Wildman–Crippen MR) is 200 cm³/mol. The van der Waals surface area contributed by atoms with E-state index in [9.17, 15) is 10.2 Å². The third-order valence-electron chi connectivity index (χ3n) is 10.2. The van der Waals surface area contributed by atoms with Gasteiger partial charge in [0.15, 0.2) is 0 Å². The quantitative estimate of drug-likeness (QED) is 0.164. The van der Waals surface area contributed by atoms with E-state index in [0.717, 1.165) is 37.6 Å². The lowest BCUT2D eigenvalue weighted by atomic mass is 9.72. The number of benzene rings is 5. The van der Waals surface area contributed by atoms with E-state index in [4.69, 9.17) is 22.3 Å². The van der Waals surface area contributed by atoms with Crippen LogP contribution in [0.25, 0.3) is 0 Å². The summed E-state index contributed by atoms with van der Waals surface area (Å²) in [5.74, 6) is 7.26. The van der Waals surface area contributed by atoms with Gasteiger partial charge < -0.3 is 29.5 Å². The minimum absolute atomic E-state index is 0.366. The molecule has 6 nitrogen and oxygen atoms in total. The van der Waals surface area contributed by atoms with E-state index in [-0.39, 0.29) is 0 Å². The number of fused-ring (bicyclic) bond motifs is 4. The number of hydrogen-bond donors (Lipinski definition) is 2. The van der Waals surface area contributed by atoms with Crippen molar-refractivity contribution in [1.29, 1.82) is 0 Å². The van der Waals surface area contributed by atoms with Crippen molar-refractivity contribution in [2.45, 2.75) is 38.9 Å². The molecule has 2 heterocycles. The lowest BCUT2D eigenvalue weighted by Gasteiger charge is -2.41. The molecule has 0 radical (unpaired) electrons. The Balaban J connectivity index is 1.53. The first kappa shape index (κ1) is 32.9. The van der Waals surface area contributed by atoms with Crippen LogP contribution in [-0.4, -0.2) is 36.4 Å². The average molecular weight is 661 g/mol. The molecule has 50 heavy (non-hydrogen) atoms. The van der Waals surface area contributed by atoms with Crippen LogP contribution in [0.1, 0.15) is 72.2 Å². The summed E-state index contributed by atoms with van der Waals surface area (Å²) < 4.78 is 13.4. The average Bonchev–Trinajstić information content (AvgIpc) is 3.15. The van der Waals surface area contributed by atoms with Gasteiger partial charge in [0.1, 0.15) is 34.2 Å². The Hall–Kier alpha value is -5.66. The van der Waals surface area contributed by atoms with Crippen molar-refractivity contribution in [3.05, 3.63) is 142 Å². The minimum Gasteiger partial charge on any atom is -0.456 e. The number of hydrogen-bond acceptors (Lipinski definition) is 6. The van der Waals surface area contributed by atoms with Crippen LogP contribution in [0.3, 0.4) is 0 Å². The highest BCUT2D eigenvalue weighted by Gasteiger charge is 2.49. The van der Waals surface area contributed by atoms with Gasteiger partial charge in [-0.3, -0.25) is 0 Å². The Morgan fingerprint density at radius 3 is 1.22 bits per heavy atom. The van der Waals surface area contributed by atoms with Gasteiger partial charge >= 0.3 is 0 Å². The largest absolute Gasteiger partial charge is 0.456 e. The molecule has 0 amide bonds. The second-order valence-corrected chi connectivity index (χ2v) is 12.6. The van der Waals surface area contributed by atoms with E-state index in [2.05, 4.69) is 49.3 Å². The molecule has 0 aliphatic carbocycles. The number of terminal acetylenes is 2. The fraction of sp³-hybridized carbons (Fsp3) is 0.227. The molecular formula is C44H40N2O4. The van der Waals surface area contributed by atoms with Gasteiger partial charge in [0.25, 0.3) is 0 Å². The van der Waals surface area contributed by atoms with Crippen molar-refractivity contribution < 1.29 is 19.7 Å². The van der Waals surface area contributed by atoms with Crippen LogP contribution in [0.15, 0.2) is 97.1 Å². The number of ether oxygens (including phenoxy) is 2. The smallest absolute Gasteiger partial charge is 0.149 e. The highest BCUT2D eigenvalue weighted by molar-refractivity contribution is 5.73. The second kappa shape index (κ2) is 12.7. The molecule has 0 aromatic heterocycles. The van der Waals surface area contributed by atoms with Crippen molar-refractivity contribution in [2.24, 2.45) is 0 Å². The van der Waals surface area contributed by atoms with Gasteiger partial charge in [-0.2, -0.15) is 0 Å². The second-order valence-electron chi connectivity index (χ2n) is 12.6. The molecule has 5 aromatic carbocycles. The number of anilines is 2. The molecule has 0 saturated heterocycles. The first-order chi connectivity index (χ1) is 24.3. The number of aliphatic hydroxyl groups is 2. The topological polar surface area (TPSA) is 65.4 Å². The zero-order valence-electron chi connectivity index (χ0n) is 28.8. The summed E-state index contributed by atoms with van der Waals surface area (Å²) in [6.07, 6.45) is 12.1. The summed E-state index contributed by atoms with van der Waals surface area (Å²) >= 11 is 0. The summed E-state index contributed by atoms with van der Waals surface area (Å²) in [5.41, 5.74) is 2.65. The maximum Gasteiger partial charge on any atom is 0.149 e. The van der Waals surface area contributed by atoms with Crippen LogP contribution in [0.5, 0.6) is 23.0 Å². The third-order valence-corrected chi connectivity index (χ3v) is 10.2. The maximum atomic E-state index is 13.2. The van der Waals surface area contributed by atoms with Crippen molar-refractivity contribution >= 4 is 11.4 Å². The maximum absolute atomic E-state index is 13.2. The van der Waals surface area contributed by atoms with Gasteiger partial charge in [-0.1, -0.05) is 48.2 Å². The Bertz CT molecular complexity index is 2050. The van der Waals surface area contributed by atoms with Crippen LogP contribution in [-0.2, 0) is 11.2 Å². The Morgan fingerprint density at radius 2 is 0.860 bits per heavy atom. The fourth-order valence-corrected chi connectivity index (χ4v) is 7.61. The van der Waals surface area contributed by atoms with Gasteiger partial charge in [0, 0.05) is 94.2 Å². The number of nitrogens with zero attached hydrogens (tertiary/aromatic N) is 2. The molecule has 0 bridgehead atoms. The van der Waals surface area contributed by atoms with E-state index in [0.29, 0.717) is 67.5 Å². The van der Waals surface area contributed by atoms with E-state index in [1.54, 1.807) is 12.1 Å². The van der Waals surface area contributed by atoms with Gasteiger partial charge in [0.05, 0.1) is 0 Å². The van der Waals surface area contributed by atoms with E-state index in [1.165, 1.54) is 0 Å². The molecule has 5 aromatic rings. The van der Waals surface area contributed by atoms with Crippen LogP contribution >= 0.6 is 0 Å². The molecule has 0 saturated carbocycles. The molecule has 2 N–H and O–H groups in total. The standard InChI is InChI=1S/C44H40N2O4/c1-7-29-17-13-15-19-33(29)43(47)35-23-21-31(45(9-3)10-4)25-39(35)49-41-28-38-42(27-37(41)43)50-40-26-32(46(11-5)12-6)22-24-36(40)44(38,48)34-20-16-14-18-30(34)8-2/h1-2,13-28,47-48H,9-12H2,3-6H3. The van der Waals surface area contributed by atoms with Gasteiger partial charge in [0.2, 0.25) is 0 Å². The first-order valence-electron chi connectivity index (χ1n) is 17.2. The molecular weight excluding hydrogens is 620 g/mol. The minimum atomic E-state index is -1.72. The van der Waals surface area contributed by atoms with Crippen LogP contribution in [0.2, 0.25) is 0 Å². The fourth-order valence-electron chi connectivity index (χ4n) is 7.61. The monoisotopic (exact) mass is 660 g/mol. The summed E-state index contributed by atoms with van der Waals surface area (Å²) in [4.78, 5) is 4.43. The third kappa shape index (κ3) is 4.83. The van der Waals surface area contributed by atoms with Gasteiger partial charge in [-0.05, 0) is 76.2 Å². The summed E-state index contributed by atoms with van der Waals surface area (Å²) in [5, 5.41) is 26.3. The van der Waals surface area contributed by atoms with Crippen LogP contribution in [0, 0.1) is 24.7 Å². The molecule has 2 unspecified atom stereocenters. The highest BCUT2D eigenvalue weighted by Crippen LogP contribution is 2.58. The molecule has 2 aliphatic heterocycles.